The first kappa shape index (κ1) is 13.0. The van der Waals surface area contributed by atoms with Crippen LogP contribution in [0.1, 0.15) is 51.4 Å². The minimum atomic E-state index is 1.23. The van der Waals surface area contributed by atoms with Crippen LogP contribution in [0.3, 0.4) is 0 Å². The lowest BCUT2D eigenvalue weighted by Gasteiger charge is -1.99. The standard InChI is InChI=1S/C16H24/c1-2-4-6-8-10-12-14-16-15-13-11-9-7-5-3-1/h1-8H,9-16H2/b3-1-,4-2+,7-5+,8-6+. The van der Waals surface area contributed by atoms with Gasteiger partial charge in [-0.05, 0) is 25.7 Å². The quantitative estimate of drug-likeness (QED) is 0.512. The van der Waals surface area contributed by atoms with Crippen molar-refractivity contribution in [1.82, 2.24) is 0 Å². The summed E-state index contributed by atoms with van der Waals surface area (Å²) in [7, 11) is 0. The van der Waals surface area contributed by atoms with E-state index in [-0.39, 0.29) is 0 Å². The first-order chi connectivity index (χ1) is 8.00. The Kier molecular flexibility index (Phi) is 8.53. The third-order valence-corrected chi connectivity index (χ3v) is 2.82. The van der Waals surface area contributed by atoms with Crippen molar-refractivity contribution in [3.8, 4) is 0 Å². The molecule has 1 rings (SSSR count). The fourth-order valence-electron chi connectivity index (χ4n) is 1.84. The highest BCUT2D eigenvalue weighted by molar-refractivity contribution is 5.15. The molecule has 1 aliphatic rings. The van der Waals surface area contributed by atoms with Gasteiger partial charge in [-0.3, -0.25) is 0 Å². The van der Waals surface area contributed by atoms with E-state index < -0.39 is 0 Å². The molecule has 0 saturated heterocycles. The topological polar surface area (TPSA) is 0 Å². The monoisotopic (exact) mass is 216 g/mol. The molecule has 0 atom stereocenters. The molecule has 1 aliphatic carbocycles. The van der Waals surface area contributed by atoms with Crippen LogP contribution in [0.4, 0.5) is 0 Å². The fourth-order valence-corrected chi connectivity index (χ4v) is 1.84. The van der Waals surface area contributed by atoms with Gasteiger partial charge < -0.3 is 0 Å². The number of hydrogen-bond donors (Lipinski definition) is 0. The lowest BCUT2D eigenvalue weighted by Crippen LogP contribution is -1.79. The van der Waals surface area contributed by atoms with Crippen molar-refractivity contribution in [2.45, 2.75) is 51.4 Å². The van der Waals surface area contributed by atoms with Crippen LogP contribution in [0.25, 0.3) is 0 Å². The van der Waals surface area contributed by atoms with Crippen LogP contribution >= 0.6 is 0 Å². The molecule has 0 heteroatoms. The van der Waals surface area contributed by atoms with Gasteiger partial charge in [-0.15, -0.1) is 0 Å². The van der Waals surface area contributed by atoms with E-state index in [4.69, 9.17) is 0 Å². The van der Waals surface area contributed by atoms with Crippen LogP contribution in [0, 0.1) is 0 Å². The van der Waals surface area contributed by atoms with Crippen LogP contribution in [0.2, 0.25) is 0 Å². The molecule has 0 N–H and O–H groups in total. The maximum atomic E-state index is 2.27. The highest BCUT2D eigenvalue weighted by Crippen LogP contribution is 2.09. The van der Waals surface area contributed by atoms with Gasteiger partial charge in [-0.25, -0.2) is 0 Å². The zero-order valence-electron chi connectivity index (χ0n) is 10.3. The largest absolute Gasteiger partial charge is 0.0845 e. The van der Waals surface area contributed by atoms with Crippen molar-refractivity contribution >= 4 is 0 Å². The second-order valence-electron chi connectivity index (χ2n) is 4.32. The zero-order valence-corrected chi connectivity index (χ0v) is 10.3. The first-order valence-electron chi connectivity index (χ1n) is 6.65. The van der Waals surface area contributed by atoms with Gasteiger partial charge in [0.1, 0.15) is 0 Å². The molecule has 0 aromatic heterocycles. The molecule has 0 aromatic rings. The van der Waals surface area contributed by atoms with Gasteiger partial charge in [-0.1, -0.05) is 74.3 Å². The Bertz CT molecular complexity index is 225. The lowest BCUT2D eigenvalue weighted by molar-refractivity contribution is 0.600. The van der Waals surface area contributed by atoms with E-state index in [0.717, 1.165) is 0 Å². The van der Waals surface area contributed by atoms with E-state index >= 15 is 0 Å². The van der Waals surface area contributed by atoms with Crippen LogP contribution < -0.4 is 0 Å². The van der Waals surface area contributed by atoms with Crippen molar-refractivity contribution in [2.75, 3.05) is 0 Å². The Hall–Kier alpha value is -1.04. The predicted octanol–water partition coefficient (Wildman–Crippen LogP) is 5.35. The SMILES string of the molecule is C1=C\C=C\CCCCCCCC/C=C/C=C/1. The second-order valence-corrected chi connectivity index (χ2v) is 4.32. The number of allylic oxidation sites excluding steroid dienone is 8. The van der Waals surface area contributed by atoms with Crippen LogP contribution in [0.5, 0.6) is 0 Å². The summed E-state index contributed by atoms with van der Waals surface area (Å²) in [6, 6.07) is 0. The summed E-state index contributed by atoms with van der Waals surface area (Å²) in [5.74, 6) is 0. The van der Waals surface area contributed by atoms with Gasteiger partial charge in [0.2, 0.25) is 0 Å². The molecule has 0 aliphatic heterocycles. The van der Waals surface area contributed by atoms with Gasteiger partial charge in [0.25, 0.3) is 0 Å². The van der Waals surface area contributed by atoms with E-state index in [9.17, 15) is 0 Å². The van der Waals surface area contributed by atoms with Gasteiger partial charge in [0.05, 0.1) is 0 Å². The molecule has 0 heterocycles. The van der Waals surface area contributed by atoms with Gasteiger partial charge >= 0.3 is 0 Å². The zero-order chi connectivity index (χ0) is 11.3. The Balaban J connectivity index is 2.31. The van der Waals surface area contributed by atoms with E-state index in [1.807, 2.05) is 0 Å². The Morgan fingerprint density at radius 3 is 1.25 bits per heavy atom. The van der Waals surface area contributed by atoms with Gasteiger partial charge in [0, 0.05) is 0 Å². The Labute approximate surface area is 100 Å². The maximum Gasteiger partial charge on any atom is -0.0348 e. The summed E-state index contributed by atoms with van der Waals surface area (Å²) < 4.78 is 0. The summed E-state index contributed by atoms with van der Waals surface area (Å²) >= 11 is 0. The minimum Gasteiger partial charge on any atom is -0.0845 e. The molecule has 0 aromatic carbocycles. The molecule has 16 heavy (non-hydrogen) atoms. The lowest BCUT2D eigenvalue weighted by atomic mass is 10.1. The average Bonchev–Trinajstić information content (AvgIpc) is 2.29. The normalized spacial score (nSPS) is 28.0. The van der Waals surface area contributed by atoms with Crippen LogP contribution in [0.15, 0.2) is 48.6 Å². The van der Waals surface area contributed by atoms with Crippen molar-refractivity contribution < 1.29 is 0 Å². The average molecular weight is 216 g/mol. The van der Waals surface area contributed by atoms with Crippen LogP contribution in [-0.4, -0.2) is 0 Å². The molecule has 0 unspecified atom stereocenters. The van der Waals surface area contributed by atoms with Crippen molar-refractivity contribution in [2.24, 2.45) is 0 Å². The molecule has 0 saturated carbocycles. The molecule has 0 bridgehead atoms. The van der Waals surface area contributed by atoms with Crippen molar-refractivity contribution in [1.29, 1.82) is 0 Å². The minimum absolute atomic E-state index is 1.23. The van der Waals surface area contributed by atoms with E-state index in [0.29, 0.717) is 0 Å². The maximum absolute atomic E-state index is 2.27. The summed E-state index contributed by atoms with van der Waals surface area (Å²) in [6.45, 7) is 0. The van der Waals surface area contributed by atoms with E-state index in [1.54, 1.807) is 0 Å². The molecule has 88 valence electrons. The molecule has 0 radical (unpaired) electrons. The van der Waals surface area contributed by atoms with Gasteiger partial charge in [-0.2, -0.15) is 0 Å². The van der Waals surface area contributed by atoms with E-state index in [2.05, 4.69) is 48.6 Å². The molecule has 0 fully saturated rings. The van der Waals surface area contributed by atoms with Crippen molar-refractivity contribution in [3.63, 3.8) is 0 Å². The fraction of sp³-hybridized carbons (Fsp3) is 0.500. The molecular formula is C16H24. The second kappa shape index (κ2) is 10.5. The molecular weight excluding hydrogens is 192 g/mol. The highest BCUT2D eigenvalue weighted by Gasteiger charge is 1.89. The van der Waals surface area contributed by atoms with Crippen LogP contribution in [-0.2, 0) is 0 Å². The first-order valence-corrected chi connectivity index (χ1v) is 6.65. The predicted molar refractivity (Wildman–Crippen MR) is 73.5 cm³/mol. The molecule has 0 spiro atoms. The smallest absolute Gasteiger partial charge is 0.0348 e. The number of rotatable bonds is 0. The third-order valence-electron chi connectivity index (χ3n) is 2.82. The third kappa shape index (κ3) is 8.28. The Morgan fingerprint density at radius 1 is 0.375 bits per heavy atom. The summed E-state index contributed by atoms with van der Waals surface area (Å²) in [5, 5.41) is 0. The van der Waals surface area contributed by atoms with Crippen molar-refractivity contribution in [3.05, 3.63) is 48.6 Å². The summed E-state index contributed by atoms with van der Waals surface area (Å²) in [5.41, 5.74) is 0. The summed E-state index contributed by atoms with van der Waals surface area (Å²) in [4.78, 5) is 0. The van der Waals surface area contributed by atoms with Gasteiger partial charge in [0.15, 0.2) is 0 Å². The number of hydrogen-bond acceptors (Lipinski definition) is 0. The highest BCUT2D eigenvalue weighted by atomic mass is 14.0. The Morgan fingerprint density at radius 2 is 0.750 bits per heavy atom. The van der Waals surface area contributed by atoms with E-state index in [1.165, 1.54) is 51.4 Å². The molecule has 0 nitrogen and oxygen atoms in total. The molecule has 0 amide bonds. The summed E-state index contributed by atoms with van der Waals surface area (Å²) in [6.07, 6.45) is 28.0.